The zero-order chi connectivity index (χ0) is 20.1. The number of hydrogen-bond acceptors (Lipinski definition) is 3. The summed E-state index contributed by atoms with van der Waals surface area (Å²) in [6, 6.07) is 29.8. The normalized spacial score (nSPS) is 22.3. The molecule has 2 aliphatic heterocycles. The molecule has 4 nitrogen and oxygen atoms in total. The first-order chi connectivity index (χ1) is 14.1. The molecule has 2 aliphatic rings. The quantitative estimate of drug-likeness (QED) is 0.568. The van der Waals surface area contributed by atoms with Gasteiger partial charge in [-0.2, -0.15) is 10.2 Å². The van der Waals surface area contributed by atoms with Gasteiger partial charge in [0.15, 0.2) is 5.54 Å². The molecule has 0 N–H and O–H groups in total. The molecule has 0 aliphatic carbocycles. The lowest BCUT2D eigenvalue weighted by atomic mass is 9.69. The number of azo groups is 1. The number of fused-ring (bicyclic) bond motifs is 1. The summed E-state index contributed by atoms with van der Waals surface area (Å²) in [5, 5.41) is 9.48. The van der Waals surface area contributed by atoms with E-state index in [4.69, 9.17) is 5.11 Å². The van der Waals surface area contributed by atoms with Gasteiger partial charge in [0.1, 0.15) is 5.70 Å². The second-order valence-electron chi connectivity index (χ2n) is 7.94. The molecule has 3 aromatic carbocycles. The van der Waals surface area contributed by atoms with Crippen molar-refractivity contribution in [3.8, 4) is 0 Å². The van der Waals surface area contributed by atoms with Gasteiger partial charge >= 0.3 is 0 Å². The van der Waals surface area contributed by atoms with E-state index in [1.54, 1.807) is 0 Å². The third-order valence-corrected chi connectivity index (χ3v) is 5.99. The van der Waals surface area contributed by atoms with Crippen molar-refractivity contribution >= 4 is 17.3 Å². The maximum Gasteiger partial charge on any atom is 0.240 e. The lowest BCUT2D eigenvalue weighted by Gasteiger charge is -2.32. The number of hydrogen-bond donors (Lipinski definition) is 0. The Morgan fingerprint density at radius 1 is 0.759 bits per heavy atom. The van der Waals surface area contributed by atoms with Gasteiger partial charge in [-0.05, 0) is 31.5 Å². The van der Waals surface area contributed by atoms with E-state index in [9.17, 15) is 4.79 Å². The summed E-state index contributed by atoms with van der Waals surface area (Å²) in [7, 11) is 0. The fraction of sp³-hybridized carbons (Fsp3) is 0.160. The average Bonchev–Trinajstić information content (AvgIpc) is 3.24. The molecule has 29 heavy (non-hydrogen) atoms. The Bertz CT molecular complexity index is 1130. The molecular formula is C25H21N3O. The second-order valence-corrected chi connectivity index (χ2v) is 7.94. The summed E-state index contributed by atoms with van der Waals surface area (Å²) in [5.41, 5.74) is 2.68. The molecule has 5 rings (SSSR count). The summed E-state index contributed by atoms with van der Waals surface area (Å²) in [4.78, 5) is 15.6. The Morgan fingerprint density at radius 3 is 1.93 bits per heavy atom. The van der Waals surface area contributed by atoms with Crippen LogP contribution in [0.5, 0.6) is 0 Å². The van der Waals surface area contributed by atoms with Crippen molar-refractivity contribution in [3.63, 3.8) is 0 Å². The van der Waals surface area contributed by atoms with Gasteiger partial charge in [0, 0.05) is 11.3 Å². The van der Waals surface area contributed by atoms with E-state index >= 15 is 0 Å². The molecule has 0 radical (unpaired) electrons. The lowest BCUT2D eigenvalue weighted by molar-refractivity contribution is -0.125. The van der Waals surface area contributed by atoms with Crippen molar-refractivity contribution in [2.75, 3.05) is 4.90 Å². The molecule has 1 fully saturated rings. The maximum absolute atomic E-state index is 13.8. The van der Waals surface area contributed by atoms with Crippen LogP contribution in [0.4, 0.5) is 5.69 Å². The van der Waals surface area contributed by atoms with Crippen molar-refractivity contribution in [1.29, 1.82) is 0 Å². The van der Waals surface area contributed by atoms with Crippen LogP contribution in [-0.4, -0.2) is 5.91 Å². The number of rotatable bonds is 3. The van der Waals surface area contributed by atoms with Crippen molar-refractivity contribution in [2.45, 2.75) is 19.4 Å². The molecule has 1 atom stereocenters. The van der Waals surface area contributed by atoms with Crippen LogP contribution in [0.2, 0.25) is 0 Å². The lowest BCUT2D eigenvalue weighted by Crippen LogP contribution is -2.39. The Balaban J connectivity index is 1.86. The Hall–Kier alpha value is -3.53. The minimum absolute atomic E-state index is 0.0228. The summed E-state index contributed by atoms with van der Waals surface area (Å²) in [6.07, 6.45) is 0. The highest BCUT2D eigenvalue weighted by molar-refractivity contribution is 6.08. The highest BCUT2D eigenvalue weighted by Gasteiger charge is 2.66. The summed E-state index contributed by atoms with van der Waals surface area (Å²) < 4.78 is 0. The molecule has 0 aromatic heterocycles. The van der Waals surface area contributed by atoms with E-state index < -0.39 is 11.0 Å². The van der Waals surface area contributed by atoms with Crippen molar-refractivity contribution in [3.05, 3.63) is 108 Å². The molecule has 1 unspecified atom stereocenters. The van der Waals surface area contributed by atoms with E-state index in [0.717, 1.165) is 28.2 Å². The van der Waals surface area contributed by atoms with Crippen LogP contribution >= 0.6 is 0 Å². The number of nitrogens with zero attached hydrogens (tertiary/aromatic N) is 3. The minimum atomic E-state index is -0.869. The van der Waals surface area contributed by atoms with E-state index in [0.29, 0.717) is 0 Å². The topological polar surface area (TPSA) is 45.0 Å². The van der Waals surface area contributed by atoms with Gasteiger partial charge in [-0.25, -0.2) is 0 Å². The molecule has 142 valence electrons. The SMILES string of the molecule is CC1(C)C(=O)N(c2ccccc2)C2=C(c3ccccc3)N=NC21c1ccccc1. The summed E-state index contributed by atoms with van der Waals surface area (Å²) >= 11 is 0. The van der Waals surface area contributed by atoms with E-state index in [-0.39, 0.29) is 5.91 Å². The number of benzene rings is 3. The van der Waals surface area contributed by atoms with Crippen LogP contribution < -0.4 is 4.90 Å². The van der Waals surface area contributed by atoms with Crippen LogP contribution in [0.25, 0.3) is 5.70 Å². The first-order valence-electron chi connectivity index (χ1n) is 9.75. The van der Waals surface area contributed by atoms with Gasteiger partial charge in [-0.15, -0.1) is 0 Å². The third kappa shape index (κ3) is 2.29. The fourth-order valence-corrected chi connectivity index (χ4v) is 4.46. The van der Waals surface area contributed by atoms with Gasteiger partial charge in [-0.1, -0.05) is 78.9 Å². The van der Waals surface area contributed by atoms with Crippen molar-refractivity contribution in [1.82, 2.24) is 0 Å². The fourth-order valence-electron chi connectivity index (χ4n) is 4.46. The zero-order valence-electron chi connectivity index (χ0n) is 16.4. The molecule has 1 amide bonds. The van der Waals surface area contributed by atoms with E-state index in [2.05, 4.69) is 5.11 Å². The first-order valence-corrected chi connectivity index (χ1v) is 9.75. The number of carbonyl (C=O) groups excluding carboxylic acids is 1. The largest absolute Gasteiger partial charge is 0.279 e. The van der Waals surface area contributed by atoms with Gasteiger partial charge in [-0.3, -0.25) is 9.69 Å². The van der Waals surface area contributed by atoms with Gasteiger partial charge < -0.3 is 0 Å². The summed E-state index contributed by atoms with van der Waals surface area (Å²) in [5.74, 6) is 0.0228. The van der Waals surface area contributed by atoms with Crippen LogP contribution in [0, 0.1) is 5.41 Å². The molecule has 2 heterocycles. The minimum Gasteiger partial charge on any atom is -0.279 e. The van der Waals surface area contributed by atoms with Crippen molar-refractivity contribution < 1.29 is 4.79 Å². The first kappa shape index (κ1) is 17.6. The molecule has 1 saturated heterocycles. The van der Waals surface area contributed by atoms with Crippen molar-refractivity contribution in [2.24, 2.45) is 15.6 Å². The molecular weight excluding hydrogens is 358 g/mol. The Labute approximate surface area is 170 Å². The van der Waals surface area contributed by atoms with Crippen LogP contribution in [-0.2, 0) is 10.3 Å². The third-order valence-electron chi connectivity index (χ3n) is 5.99. The van der Waals surface area contributed by atoms with Crippen LogP contribution in [0.3, 0.4) is 0 Å². The van der Waals surface area contributed by atoms with E-state index in [1.807, 2.05) is 110 Å². The number of amides is 1. The van der Waals surface area contributed by atoms with Gasteiger partial charge in [0.05, 0.1) is 11.1 Å². The maximum atomic E-state index is 13.8. The van der Waals surface area contributed by atoms with Crippen LogP contribution in [0.1, 0.15) is 25.0 Å². The Kier molecular flexibility index (Phi) is 3.78. The highest BCUT2D eigenvalue weighted by Crippen LogP contribution is 2.61. The summed E-state index contributed by atoms with van der Waals surface area (Å²) in [6.45, 7) is 3.94. The van der Waals surface area contributed by atoms with Crippen LogP contribution in [0.15, 0.2) is 107 Å². The zero-order valence-corrected chi connectivity index (χ0v) is 16.4. The van der Waals surface area contributed by atoms with Gasteiger partial charge in [0.25, 0.3) is 0 Å². The number of para-hydroxylation sites is 1. The molecule has 3 aromatic rings. The van der Waals surface area contributed by atoms with E-state index in [1.165, 1.54) is 0 Å². The Morgan fingerprint density at radius 2 is 1.31 bits per heavy atom. The monoisotopic (exact) mass is 379 g/mol. The number of carbonyl (C=O) groups is 1. The predicted octanol–water partition coefficient (Wildman–Crippen LogP) is 5.79. The standard InChI is InChI=1S/C25H21N3O/c1-24(2)23(29)28(20-16-10-5-11-17-20)22-21(18-12-6-3-7-13-18)26-27-25(22,24)19-14-8-4-9-15-19/h3-17H,1-2H3. The average molecular weight is 379 g/mol. The molecule has 0 bridgehead atoms. The molecule has 0 spiro atoms. The second kappa shape index (κ2) is 6.24. The van der Waals surface area contributed by atoms with Gasteiger partial charge in [0.2, 0.25) is 5.91 Å². The molecule has 0 saturated carbocycles. The smallest absolute Gasteiger partial charge is 0.240 e. The highest BCUT2D eigenvalue weighted by atomic mass is 16.2. The predicted molar refractivity (Wildman–Crippen MR) is 114 cm³/mol. The number of anilines is 1. The molecule has 4 heteroatoms.